The van der Waals surface area contributed by atoms with Crippen molar-refractivity contribution in [3.63, 3.8) is 0 Å². The van der Waals surface area contributed by atoms with Crippen molar-refractivity contribution in [3.05, 3.63) is 21.9 Å². The lowest BCUT2D eigenvalue weighted by Crippen LogP contribution is -2.44. The minimum absolute atomic E-state index is 0.0384. The SMILES string of the molecule is COC1(C(N)c2ccc(C)s2)CCCCC1. The van der Waals surface area contributed by atoms with Crippen LogP contribution >= 0.6 is 11.3 Å². The fourth-order valence-corrected chi connectivity index (χ4v) is 3.66. The van der Waals surface area contributed by atoms with Crippen molar-refractivity contribution in [1.29, 1.82) is 0 Å². The molecule has 1 aromatic heterocycles. The topological polar surface area (TPSA) is 35.2 Å². The van der Waals surface area contributed by atoms with E-state index < -0.39 is 0 Å². The highest BCUT2D eigenvalue weighted by Crippen LogP contribution is 2.41. The van der Waals surface area contributed by atoms with Crippen LogP contribution < -0.4 is 5.73 Å². The van der Waals surface area contributed by atoms with Gasteiger partial charge in [-0.3, -0.25) is 0 Å². The maximum Gasteiger partial charge on any atom is 0.0878 e. The summed E-state index contributed by atoms with van der Waals surface area (Å²) in [6.07, 6.45) is 6.00. The van der Waals surface area contributed by atoms with Gasteiger partial charge in [0.1, 0.15) is 0 Å². The molecule has 1 unspecified atom stereocenters. The van der Waals surface area contributed by atoms with Crippen LogP contribution in [0, 0.1) is 6.92 Å². The predicted octanol–water partition coefficient (Wildman–Crippen LogP) is 3.41. The molecule has 16 heavy (non-hydrogen) atoms. The van der Waals surface area contributed by atoms with Crippen molar-refractivity contribution in [2.75, 3.05) is 7.11 Å². The molecule has 1 aromatic rings. The lowest BCUT2D eigenvalue weighted by atomic mass is 9.79. The molecule has 1 saturated carbocycles. The molecule has 2 nitrogen and oxygen atoms in total. The second kappa shape index (κ2) is 4.86. The molecule has 0 aliphatic heterocycles. The molecule has 0 spiro atoms. The number of rotatable bonds is 3. The maximum atomic E-state index is 6.41. The van der Waals surface area contributed by atoms with Crippen molar-refractivity contribution >= 4 is 11.3 Å². The molecule has 0 amide bonds. The Hall–Kier alpha value is -0.380. The largest absolute Gasteiger partial charge is 0.376 e. The molecule has 1 aliphatic rings. The Morgan fingerprint density at radius 2 is 2.00 bits per heavy atom. The number of nitrogens with two attached hydrogens (primary N) is 1. The summed E-state index contributed by atoms with van der Waals surface area (Å²) in [5, 5.41) is 0. The Labute approximate surface area is 102 Å². The van der Waals surface area contributed by atoms with E-state index >= 15 is 0 Å². The number of thiophene rings is 1. The summed E-state index contributed by atoms with van der Waals surface area (Å²) in [5.41, 5.74) is 6.30. The molecular weight excluding hydrogens is 218 g/mol. The lowest BCUT2D eigenvalue weighted by molar-refractivity contribution is -0.0587. The third-order valence-corrected chi connectivity index (χ3v) is 4.82. The molecule has 1 aliphatic carbocycles. The molecule has 2 rings (SSSR count). The average molecular weight is 239 g/mol. The van der Waals surface area contributed by atoms with E-state index in [1.54, 1.807) is 11.3 Å². The Kier molecular flexibility index (Phi) is 3.67. The number of ether oxygens (including phenoxy) is 1. The predicted molar refractivity (Wildman–Crippen MR) is 68.8 cm³/mol. The Morgan fingerprint density at radius 1 is 1.31 bits per heavy atom. The average Bonchev–Trinajstić information content (AvgIpc) is 2.76. The number of hydrogen-bond donors (Lipinski definition) is 1. The highest BCUT2D eigenvalue weighted by Gasteiger charge is 2.39. The highest BCUT2D eigenvalue weighted by molar-refractivity contribution is 7.12. The van der Waals surface area contributed by atoms with E-state index in [9.17, 15) is 0 Å². The van der Waals surface area contributed by atoms with Gasteiger partial charge in [0.2, 0.25) is 0 Å². The molecule has 0 radical (unpaired) electrons. The summed E-state index contributed by atoms with van der Waals surface area (Å²) in [6, 6.07) is 4.34. The summed E-state index contributed by atoms with van der Waals surface area (Å²) in [6.45, 7) is 2.13. The smallest absolute Gasteiger partial charge is 0.0878 e. The van der Waals surface area contributed by atoms with Crippen LogP contribution in [0.3, 0.4) is 0 Å². The van der Waals surface area contributed by atoms with Gasteiger partial charge in [-0.05, 0) is 31.9 Å². The molecule has 2 N–H and O–H groups in total. The first-order valence-electron chi connectivity index (χ1n) is 6.05. The Morgan fingerprint density at radius 3 is 2.50 bits per heavy atom. The van der Waals surface area contributed by atoms with Crippen LogP contribution in [0.4, 0.5) is 0 Å². The summed E-state index contributed by atoms with van der Waals surface area (Å²) in [7, 11) is 1.81. The third kappa shape index (κ3) is 2.17. The van der Waals surface area contributed by atoms with Gasteiger partial charge in [0, 0.05) is 16.9 Å². The second-order valence-corrected chi connectivity index (χ2v) is 6.08. The van der Waals surface area contributed by atoms with Crippen LogP contribution in [0.25, 0.3) is 0 Å². The molecule has 0 saturated heterocycles. The van der Waals surface area contributed by atoms with Crippen LogP contribution in [0.2, 0.25) is 0 Å². The molecule has 0 bridgehead atoms. The minimum Gasteiger partial charge on any atom is -0.376 e. The van der Waals surface area contributed by atoms with E-state index in [-0.39, 0.29) is 11.6 Å². The minimum atomic E-state index is -0.116. The first-order chi connectivity index (χ1) is 7.68. The number of methoxy groups -OCH3 is 1. The van der Waals surface area contributed by atoms with Gasteiger partial charge in [0.05, 0.1) is 11.6 Å². The number of aryl methyl sites for hydroxylation is 1. The van der Waals surface area contributed by atoms with E-state index in [0.29, 0.717) is 0 Å². The van der Waals surface area contributed by atoms with Gasteiger partial charge in [-0.1, -0.05) is 19.3 Å². The summed E-state index contributed by atoms with van der Waals surface area (Å²) in [4.78, 5) is 2.59. The number of hydrogen-bond acceptors (Lipinski definition) is 3. The van der Waals surface area contributed by atoms with Crippen LogP contribution in [-0.4, -0.2) is 12.7 Å². The van der Waals surface area contributed by atoms with Crippen molar-refractivity contribution in [2.45, 2.75) is 50.7 Å². The zero-order valence-corrected chi connectivity index (χ0v) is 11.0. The molecule has 90 valence electrons. The van der Waals surface area contributed by atoms with Gasteiger partial charge in [0.25, 0.3) is 0 Å². The fraction of sp³-hybridized carbons (Fsp3) is 0.692. The summed E-state index contributed by atoms with van der Waals surface area (Å²) < 4.78 is 5.79. The van der Waals surface area contributed by atoms with Crippen molar-refractivity contribution in [3.8, 4) is 0 Å². The third-order valence-electron chi connectivity index (χ3n) is 3.74. The first-order valence-corrected chi connectivity index (χ1v) is 6.87. The van der Waals surface area contributed by atoms with Gasteiger partial charge in [-0.15, -0.1) is 11.3 Å². The lowest BCUT2D eigenvalue weighted by Gasteiger charge is -2.40. The van der Waals surface area contributed by atoms with Gasteiger partial charge in [-0.25, -0.2) is 0 Å². The highest BCUT2D eigenvalue weighted by atomic mass is 32.1. The fourth-order valence-electron chi connectivity index (χ4n) is 2.67. The van der Waals surface area contributed by atoms with E-state index in [4.69, 9.17) is 10.5 Å². The monoisotopic (exact) mass is 239 g/mol. The van der Waals surface area contributed by atoms with Crippen LogP contribution in [0.5, 0.6) is 0 Å². The zero-order chi connectivity index (χ0) is 11.6. The molecular formula is C13H21NOS. The Balaban J connectivity index is 2.20. The van der Waals surface area contributed by atoms with Gasteiger partial charge < -0.3 is 10.5 Å². The Bertz CT molecular complexity index is 341. The quantitative estimate of drug-likeness (QED) is 0.877. The van der Waals surface area contributed by atoms with Crippen LogP contribution in [0.1, 0.15) is 47.9 Å². The summed E-state index contributed by atoms with van der Waals surface area (Å²) >= 11 is 1.80. The van der Waals surface area contributed by atoms with E-state index in [1.165, 1.54) is 29.0 Å². The van der Waals surface area contributed by atoms with Crippen molar-refractivity contribution in [2.24, 2.45) is 5.73 Å². The van der Waals surface area contributed by atoms with Crippen molar-refractivity contribution < 1.29 is 4.74 Å². The molecule has 3 heteroatoms. The van der Waals surface area contributed by atoms with Crippen molar-refractivity contribution in [1.82, 2.24) is 0 Å². The van der Waals surface area contributed by atoms with Crippen LogP contribution in [0.15, 0.2) is 12.1 Å². The molecule has 1 fully saturated rings. The molecule has 0 aromatic carbocycles. The molecule has 1 heterocycles. The van der Waals surface area contributed by atoms with E-state index in [2.05, 4.69) is 19.1 Å². The van der Waals surface area contributed by atoms with Crippen LogP contribution in [-0.2, 0) is 4.74 Å². The van der Waals surface area contributed by atoms with Gasteiger partial charge >= 0.3 is 0 Å². The van der Waals surface area contributed by atoms with E-state index in [1.807, 2.05) is 7.11 Å². The standard InChI is InChI=1S/C13H21NOS/c1-10-6-7-11(16-10)12(14)13(15-2)8-4-3-5-9-13/h6-7,12H,3-5,8-9,14H2,1-2H3. The first kappa shape index (κ1) is 12.1. The summed E-state index contributed by atoms with van der Waals surface area (Å²) in [5.74, 6) is 0. The maximum absolute atomic E-state index is 6.41. The zero-order valence-electron chi connectivity index (χ0n) is 10.2. The normalized spacial score (nSPS) is 21.9. The molecule has 1 atom stereocenters. The van der Waals surface area contributed by atoms with Gasteiger partial charge in [0.15, 0.2) is 0 Å². The van der Waals surface area contributed by atoms with Gasteiger partial charge in [-0.2, -0.15) is 0 Å². The second-order valence-electron chi connectivity index (χ2n) is 4.76. The van der Waals surface area contributed by atoms with E-state index in [0.717, 1.165) is 12.8 Å².